The van der Waals surface area contributed by atoms with E-state index in [1.165, 1.54) is 16.7 Å². The molecule has 0 aliphatic carbocycles. The van der Waals surface area contributed by atoms with Gasteiger partial charge < -0.3 is 4.42 Å². The fourth-order valence-corrected chi connectivity index (χ4v) is 4.14. The number of hydrogen-bond donors (Lipinski definition) is 0. The number of amides is 2. The maximum Gasteiger partial charge on any atom is 0.268 e. The zero-order valence-corrected chi connectivity index (χ0v) is 16.2. The van der Waals surface area contributed by atoms with E-state index in [-0.39, 0.29) is 18.4 Å². The van der Waals surface area contributed by atoms with Crippen LogP contribution in [0.1, 0.15) is 22.5 Å². The second-order valence-corrected chi connectivity index (χ2v) is 7.61. The minimum atomic E-state index is -0.251. The highest BCUT2D eigenvalue weighted by Crippen LogP contribution is 2.38. The Morgan fingerprint density at radius 1 is 0.893 bits per heavy atom. The van der Waals surface area contributed by atoms with Crippen LogP contribution in [-0.2, 0) is 21.9 Å². The van der Waals surface area contributed by atoms with Gasteiger partial charge in [0.05, 0.1) is 29.0 Å². The minimum absolute atomic E-state index is 0.249. The number of rotatable bonds is 6. The summed E-state index contributed by atoms with van der Waals surface area (Å²) in [5, 5.41) is 0. The number of hydrogen-bond acceptors (Lipinski definition) is 4. The SMILES string of the molecule is Cc1ccc(CN2C(=O)C(SCc3ccco3)=C(c3ccccc3)C2=O)cc1. The first kappa shape index (κ1) is 18.3. The molecule has 0 spiro atoms. The van der Waals surface area contributed by atoms with Crippen LogP contribution in [0.15, 0.2) is 82.3 Å². The van der Waals surface area contributed by atoms with E-state index in [1.54, 1.807) is 6.26 Å². The average Bonchev–Trinajstić information content (AvgIpc) is 3.31. The van der Waals surface area contributed by atoms with E-state index < -0.39 is 0 Å². The fourth-order valence-electron chi connectivity index (χ4n) is 3.10. The molecule has 0 N–H and O–H groups in total. The minimum Gasteiger partial charge on any atom is -0.468 e. The molecule has 1 aromatic heterocycles. The molecule has 1 aliphatic heterocycles. The van der Waals surface area contributed by atoms with Crippen molar-refractivity contribution in [3.63, 3.8) is 0 Å². The van der Waals surface area contributed by atoms with E-state index in [2.05, 4.69) is 0 Å². The Labute approximate surface area is 167 Å². The second-order valence-electron chi connectivity index (χ2n) is 6.62. The molecule has 2 heterocycles. The average molecular weight is 389 g/mol. The zero-order chi connectivity index (χ0) is 19.5. The third kappa shape index (κ3) is 3.66. The highest BCUT2D eigenvalue weighted by molar-refractivity contribution is 8.03. The van der Waals surface area contributed by atoms with Crippen LogP contribution in [0.5, 0.6) is 0 Å². The summed E-state index contributed by atoms with van der Waals surface area (Å²) in [6, 6.07) is 20.9. The lowest BCUT2D eigenvalue weighted by molar-refractivity contribution is -0.137. The van der Waals surface area contributed by atoms with Gasteiger partial charge in [-0.15, -0.1) is 11.8 Å². The van der Waals surface area contributed by atoms with Crippen molar-refractivity contribution in [1.29, 1.82) is 0 Å². The van der Waals surface area contributed by atoms with Crippen LogP contribution in [-0.4, -0.2) is 16.7 Å². The lowest BCUT2D eigenvalue weighted by atomic mass is 10.1. The van der Waals surface area contributed by atoms with Gasteiger partial charge in [0.2, 0.25) is 0 Å². The Hall–Kier alpha value is -3.05. The van der Waals surface area contributed by atoms with Crippen molar-refractivity contribution in [2.75, 3.05) is 0 Å². The largest absolute Gasteiger partial charge is 0.468 e. The number of aryl methyl sites for hydroxylation is 1. The molecule has 0 atom stereocenters. The number of thioether (sulfide) groups is 1. The number of benzene rings is 2. The molecule has 3 aromatic rings. The van der Waals surface area contributed by atoms with Crippen molar-refractivity contribution in [3.8, 4) is 0 Å². The van der Waals surface area contributed by atoms with Crippen molar-refractivity contribution in [2.45, 2.75) is 19.2 Å². The van der Waals surface area contributed by atoms with Gasteiger partial charge in [0.1, 0.15) is 5.76 Å². The molecule has 5 heteroatoms. The van der Waals surface area contributed by atoms with Gasteiger partial charge in [0, 0.05) is 0 Å². The number of imide groups is 1. The molecule has 2 amide bonds. The topological polar surface area (TPSA) is 50.5 Å². The Balaban J connectivity index is 1.65. The molecule has 4 nitrogen and oxygen atoms in total. The normalized spacial score (nSPS) is 14.2. The molecule has 2 aromatic carbocycles. The summed E-state index contributed by atoms with van der Waals surface area (Å²) in [5.41, 5.74) is 3.29. The van der Waals surface area contributed by atoms with Gasteiger partial charge in [0.25, 0.3) is 11.8 Å². The lowest BCUT2D eigenvalue weighted by Crippen LogP contribution is -2.30. The van der Waals surface area contributed by atoms with E-state index in [1.807, 2.05) is 73.7 Å². The van der Waals surface area contributed by atoms with Gasteiger partial charge in [0.15, 0.2) is 0 Å². The smallest absolute Gasteiger partial charge is 0.268 e. The molecule has 0 radical (unpaired) electrons. The van der Waals surface area contributed by atoms with Crippen LogP contribution < -0.4 is 0 Å². The molecule has 4 rings (SSSR count). The van der Waals surface area contributed by atoms with Gasteiger partial charge in [-0.05, 0) is 30.2 Å². The van der Waals surface area contributed by atoms with Gasteiger partial charge in [-0.25, -0.2) is 0 Å². The van der Waals surface area contributed by atoms with Crippen molar-refractivity contribution in [2.24, 2.45) is 0 Å². The summed E-state index contributed by atoms with van der Waals surface area (Å²) in [7, 11) is 0. The number of carbonyl (C=O) groups is 2. The third-order valence-corrected chi connectivity index (χ3v) is 5.68. The van der Waals surface area contributed by atoms with E-state index in [0.29, 0.717) is 16.2 Å². The number of nitrogens with zero attached hydrogens (tertiary/aromatic N) is 1. The molecule has 140 valence electrons. The molecule has 28 heavy (non-hydrogen) atoms. The summed E-state index contributed by atoms with van der Waals surface area (Å²) in [4.78, 5) is 28.1. The molecular weight excluding hydrogens is 370 g/mol. The first-order valence-electron chi connectivity index (χ1n) is 9.00. The van der Waals surface area contributed by atoms with Crippen LogP contribution in [0, 0.1) is 6.92 Å². The Morgan fingerprint density at radius 2 is 1.64 bits per heavy atom. The van der Waals surface area contributed by atoms with E-state index >= 15 is 0 Å². The van der Waals surface area contributed by atoms with E-state index in [0.717, 1.165) is 22.5 Å². The predicted molar refractivity (Wildman–Crippen MR) is 110 cm³/mol. The predicted octanol–water partition coefficient (Wildman–Crippen LogP) is 4.80. The number of furan rings is 1. The molecular formula is C23H19NO3S. The monoisotopic (exact) mass is 389 g/mol. The van der Waals surface area contributed by atoms with Crippen LogP contribution >= 0.6 is 11.8 Å². The standard InChI is InChI=1S/C23H19NO3S/c1-16-9-11-17(12-10-16)14-24-22(25)20(18-6-3-2-4-7-18)21(23(24)26)28-15-19-8-5-13-27-19/h2-13H,14-15H2,1H3. The van der Waals surface area contributed by atoms with Crippen molar-refractivity contribution >= 4 is 29.1 Å². The maximum atomic E-state index is 13.2. The van der Waals surface area contributed by atoms with Gasteiger partial charge in [-0.1, -0.05) is 60.2 Å². The zero-order valence-electron chi connectivity index (χ0n) is 15.4. The Morgan fingerprint density at radius 3 is 2.32 bits per heavy atom. The van der Waals surface area contributed by atoms with Crippen molar-refractivity contribution in [1.82, 2.24) is 4.90 Å². The second kappa shape index (κ2) is 7.90. The first-order valence-corrected chi connectivity index (χ1v) is 9.98. The molecule has 0 fully saturated rings. The van der Waals surface area contributed by atoms with Crippen LogP contribution in [0.25, 0.3) is 5.57 Å². The highest BCUT2D eigenvalue weighted by Gasteiger charge is 2.39. The van der Waals surface area contributed by atoms with Crippen molar-refractivity contribution < 1.29 is 14.0 Å². The van der Waals surface area contributed by atoms with Crippen LogP contribution in [0.4, 0.5) is 0 Å². The number of carbonyl (C=O) groups excluding carboxylic acids is 2. The summed E-state index contributed by atoms with van der Waals surface area (Å²) < 4.78 is 5.38. The molecule has 0 saturated heterocycles. The van der Waals surface area contributed by atoms with Gasteiger partial charge in [-0.3, -0.25) is 14.5 Å². The Kier molecular flexibility index (Phi) is 5.17. The lowest BCUT2D eigenvalue weighted by Gasteiger charge is -2.15. The molecule has 0 bridgehead atoms. The third-order valence-electron chi connectivity index (χ3n) is 4.59. The summed E-state index contributed by atoms with van der Waals surface area (Å²) in [6.45, 7) is 2.27. The Bertz CT molecular complexity index is 1020. The van der Waals surface area contributed by atoms with Crippen LogP contribution in [0.3, 0.4) is 0 Å². The van der Waals surface area contributed by atoms with Crippen LogP contribution in [0.2, 0.25) is 0 Å². The van der Waals surface area contributed by atoms with E-state index in [9.17, 15) is 9.59 Å². The molecule has 0 saturated carbocycles. The maximum absolute atomic E-state index is 13.2. The summed E-state index contributed by atoms with van der Waals surface area (Å²) in [6.07, 6.45) is 1.60. The molecule has 1 aliphatic rings. The quantitative estimate of drug-likeness (QED) is 0.568. The highest BCUT2D eigenvalue weighted by atomic mass is 32.2. The first-order chi connectivity index (χ1) is 13.6. The molecule has 0 unspecified atom stereocenters. The van der Waals surface area contributed by atoms with Crippen molar-refractivity contribution in [3.05, 3.63) is 100 Å². The fraction of sp³-hybridized carbons (Fsp3) is 0.130. The van der Waals surface area contributed by atoms with Gasteiger partial charge in [-0.2, -0.15) is 0 Å². The van der Waals surface area contributed by atoms with Gasteiger partial charge >= 0.3 is 0 Å². The van der Waals surface area contributed by atoms with E-state index in [4.69, 9.17) is 4.42 Å². The summed E-state index contributed by atoms with van der Waals surface area (Å²) >= 11 is 1.35. The summed E-state index contributed by atoms with van der Waals surface area (Å²) in [5.74, 6) is 0.762.